The van der Waals surface area contributed by atoms with Gasteiger partial charge in [0, 0.05) is 22.8 Å². The van der Waals surface area contributed by atoms with E-state index >= 15 is 0 Å². The van der Waals surface area contributed by atoms with Crippen LogP contribution < -0.4 is 10.1 Å². The molecule has 2 N–H and O–H groups in total. The summed E-state index contributed by atoms with van der Waals surface area (Å²) in [6.45, 7) is 7.99. The fourth-order valence-electron chi connectivity index (χ4n) is 2.82. The summed E-state index contributed by atoms with van der Waals surface area (Å²) in [5, 5.41) is 3.53. The van der Waals surface area contributed by atoms with Gasteiger partial charge in [0.05, 0.1) is 6.61 Å². The summed E-state index contributed by atoms with van der Waals surface area (Å²) < 4.78 is 5.70. The lowest BCUT2D eigenvalue weighted by molar-refractivity contribution is 0.0946. The number of carbonyl (C=O) groups is 2. The van der Waals surface area contributed by atoms with Crippen molar-refractivity contribution in [1.82, 2.24) is 10.3 Å². The number of hydrogen-bond donors (Lipinski definition) is 2. The van der Waals surface area contributed by atoms with Crippen LogP contribution in [0.2, 0.25) is 5.02 Å². The van der Waals surface area contributed by atoms with Crippen LogP contribution in [0.5, 0.6) is 5.75 Å². The Labute approximate surface area is 152 Å². The molecule has 0 bridgehead atoms. The van der Waals surface area contributed by atoms with Crippen molar-refractivity contribution in [3.8, 4) is 5.75 Å². The maximum Gasteiger partial charge on any atom is 0.268 e. The van der Waals surface area contributed by atoms with Crippen molar-refractivity contribution >= 4 is 23.3 Å². The summed E-state index contributed by atoms with van der Waals surface area (Å²) in [4.78, 5) is 26.9. The number of ketones is 1. The normalized spacial score (nSPS) is 10.6. The molecule has 134 valence electrons. The van der Waals surface area contributed by atoms with E-state index in [1.807, 2.05) is 19.1 Å². The lowest BCUT2D eigenvalue weighted by Gasteiger charge is -2.10. The first kappa shape index (κ1) is 19.1. The number of H-pyrrole nitrogens is 1. The molecule has 1 heterocycles. The van der Waals surface area contributed by atoms with Crippen LogP contribution in [-0.4, -0.2) is 29.8 Å². The molecule has 0 saturated heterocycles. The Morgan fingerprint density at radius 3 is 2.56 bits per heavy atom. The number of Topliss-reactive ketones (excluding diaryl/α,β-unsaturated/α-hetero) is 1. The van der Waals surface area contributed by atoms with Gasteiger partial charge >= 0.3 is 0 Å². The van der Waals surface area contributed by atoms with Gasteiger partial charge in [-0.05, 0) is 63.4 Å². The molecular formula is C19H23ClN2O3. The van der Waals surface area contributed by atoms with Crippen molar-refractivity contribution in [3.05, 3.63) is 51.3 Å². The van der Waals surface area contributed by atoms with Crippen LogP contribution in [0, 0.1) is 20.8 Å². The van der Waals surface area contributed by atoms with Gasteiger partial charge in [0.2, 0.25) is 0 Å². The van der Waals surface area contributed by atoms with Gasteiger partial charge in [-0.1, -0.05) is 11.6 Å². The smallest absolute Gasteiger partial charge is 0.268 e. The summed E-state index contributed by atoms with van der Waals surface area (Å²) in [6, 6.07) is 5.47. The zero-order valence-electron chi connectivity index (χ0n) is 15.0. The molecule has 0 radical (unpaired) electrons. The standard InChI is InChI=1S/C19H23ClN2O3/c1-11-10-15(20)6-7-16(11)25-9-5-8-21-19(24)18-12(2)17(14(4)23)13(3)22-18/h6-7,10,22H,5,8-9H2,1-4H3,(H,21,24). The van der Waals surface area contributed by atoms with E-state index in [1.165, 1.54) is 6.92 Å². The zero-order valence-corrected chi connectivity index (χ0v) is 15.7. The maximum absolute atomic E-state index is 12.3. The van der Waals surface area contributed by atoms with Crippen molar-refractivity contribution in [1.29, 1.82) is 0 Å². The predicted octanol–water partition coefficient (Wildman–Crippen LogP) is 3.99. The highest BCUT2D eigenvalue weighted by molar-refractivity contribution is 6.30. The first-order valence-electron chi connectivity index (χ1n) is 8.18. The molecule has 5 nitrogen and oxygen atoms in total. The maximum atomic E-state index is 12.3. The Balaban J connectivity index is 1.83. The van der Waals surface area contributed by atoms with Crippen LogP contribution in [-0.2, 0) is 0 Å². The Morgan fingerprint density at radius 2 is 1.96 bits per heavy atom. The minimum atomic E-state index is -0.212. The molecule has 0 fully saturated rings. The van der Waals surface area contributed by atoms with Gasteiger partial charge in [0.15, 0.2) is 5.78 Å². The van der Waals surface area contributed by atoms with Crippen molar-refractivity contribution in [3.63, 3.8) is 0 Å². The summed E-state index contributed by atoms with van der Waals surface area (Å²) in [6.07, 6.45) is 0.673. The average molecular weight is 363 g/mol. The predicted molar refractivity (Wildman–Crippen MR) is 98.9 cm³/mol. The highest BCUT2D eigenvalue weighted by Gasteiger charge is 2.19. The Hall–Kier alpha value is -2.27. The van der Waals surface area contributed by atoms with Crippen LogP contribution in [0.3, 0.4) is 0 Å². The number of ether oxygens (including phenoxy) is 1. The number of aromatic nitrogens is 1. The topological polar surface area (TPSA) is 71.2 Å². The second kappa shape index (κ2) is 8.21. The second-order valence-electron chi connectivity index (χ2n) is 6.05. The number of amides is 1. The third-order valence-electron chi connectivity index (χ3n) is 4.02. The molecular weight excluding hydrogens is 340 g/mol. The molecule has 0 aliphatic heterocycles. The number of rotatable bonds is 7. The van der Waals surface area contributed by atoms with Crippen LogP contribution >= 0.6 is 11.6 Å². The van der Waals surface area contributed by atoms with Gasteiger partial charge in [-0.25, -0.2) is 0 Å². The third-order valence-corrected chi connectivity index (χ3v) is 4.25. The highest BCUT2D eigenvalue weighted by atomic mass is 35.5. The molecule has 0 atom stereocenters. The van der Waals surface area contributed by atoms with E-state index in [0.29, 0.717) is 41.4 Å². The Morgan fingerprint density at radius 1 is 1.24 bits per heavy atom. The van der Waals surface area contributed by atoms with Crippen LogP contribution in [0.4, 0.5) is 0 Å². The lowest BCUT2D eigenvalue weighted by Crippen LogP contribution is -2.26. The molecule has 0 spiro atoms. The van der Waals surface area contributed by atoms with Gasteiger partial charge < -0.3 is 15.0 Å². The van der Waals surface area contributed by atoms with Gasteiger partial charge in [0.25, 0.3) is 5.91 Å². The number of aromatic amines is 1. The molecule has 1 amide bonds. The van der Waals surface area contributed by atoms with E-state index in [9.17, 15) is 9.59 Å². The number of nitrogens with one attached hydrogen (secondary N) is 2. The fraction of sp³-hybridized carbons (Fsp3) is 0.368. The van der Waals surface area contributed by atoms with Crippen LogP contribution in [0.15, 0.2) is 18.2 Å². The van der Waals surface area contributed by atoms with E-state index in [0.717, 1.165) is 17.0 Å². The largest absolute Gasteiger partial charge is 0.493 e. The molecule has 1 aromatic carbocycles. The summed E-state index contributed by atoms with van der Waals surface area (Å²) in [5.41, 5.74) is 3.42. The minimum Gasteiger partial charge on any atom is -0.493 e. The van der Waals surface area contributed by atoms with Gasteiger partial charge in [-0.3, -0.25) is 9.59 Å². The van der Waals surface area contributed by atoms with Gasteiger partial charge in [-0.2, -0.15) is 0 Å². The minimum absolute atomic E-state index is 0.0444. The Bertz CT molecular complexity index is 796. The van der Waals surface area contributed by atoms with Crippen molar-refractivity contribution in [2.45, 2.75) is 34.1 Å². The SMILES string of the molecule is CC(=O)c1c(C)[nH]c(C(=O)NCCCOc2ccc(Cl)cc2C)c1C. The number of hydrogen-bond acceptors (Lipinski definition) is 3. The van der Waals surface area contributed by atoms with Crippen LogP contribution in [0.1, 0.15) is 51.0 Å². The van der Waals surface area contributed by atoms with E-state index in [1.54, 1.807) is 19.9 Å². The summed E-state index contributed by atoms with van der Waals surface area (Å²) in [7, 11) is 0. The van der Waals surface area contributed by atoms with Crippen molar-refractivity contribution < 1.29 is 14.3 Å². The first-order valence-corrected chi connectivity index (χ1v) is 8.56. The molecule has 6 heteroatoms. The monoisotopic (exact) mass is 362 g/mol. The second-order valence-corrected chi connectivity index (χ2v) is 6.49. The molecule has 0 saturated carbocycles. The quantitative estimate of drug-likeness (QED) is 0.577. The fourth-order valence-corrected chi connectivity index (χ4v) is 3.05. The number of carbonyl (C=O) groups excluding carboxylic acids is 2. The van der Waals surface area contributed by atoms with Crippen molar-refractivity contribution in [2.75, 3.05) is 13.2 Å². The van der Waals surface area contributed by atoms with E-state index in [2.05, 4.69) is 10.3 Å². The van der Waals surface area contributed by atoms with Gasteiger partial charge in [0.1, 0.15) is 11.4 Å². The molecule has 0 aliphatic carbocycles. The molecule has 2 aromatic rings. The first-order chi connectivity index (χ1) is 11.8. The zero-order chi connectivity index (χ0) is 18.6. The number of aryl methyl sites for hydroxylation is 2. The van der Waals surface area contributed by atoms with Crippen molar-refractivity contribution in [2.24, 2.45) is 0 Å². The summed E-state index contributed by atoms with van der Waals surface area (Å²) in [5.74, 6) is 0.533. The van der Waals surface area contributed by atoms with Gasteiger partial charge in [-0.15, -0.1) is 0 Å². The number of halogens is 1. The van der Waals surface area contributed by atoms with E-state index in [4.69, 9.17) is 16.3 Å². The summed E-state index contributed by atoms with van der Waals surface area (Å²) >= 11 is 5.91. The van der Waals surface area contributed by atoms with Crippen LogP contribution in [0.25, 0.3) is 0 Å². The third kappa shape index (κ3) is 4.63. The van der Waals surface area contributed by atoms with E-state index < -0.39 is 0 Å². The molecule has 2 rings (SSSR count). The highest BCUT2D eigenvalue weighted by Crippen LogP contribution is 2.22. The van der Waals surface area contributed by atoms with E-state index in [-0.39, 0.29) is 11.7 Å². The molecule has 1 aromatic heterocycles. The molecule has 0 aliphatic rings. The molecule has 0 unspecified atom stereocenters. The molecule has 25 heavy (non-hydrogen) atoms. The number of benzene rings is 1. The lowest BCUT2D eigenvalue weighted by atomic mass is 10.1. The Kier molecular flexibility index (Phi) is 6.26. The average Bonchev–Trinajstić information content (AvgIpc) is 2.83.